The molecule has 1 saturated heterocycles. The van der Waals surface area contributed by atoms with E-state index in [4.69, 9.17) is 0 Å². The lowest BCUT2D eigenvalue weighted by Gasteiger charge is -2.25. The summed E-state index contributed by atoms with van der Waals surface area (Å²) in [6.07, 6.45) is 2.87. The molecule has 2 heterocycles. The Labute approximate surface area is 132 Å². The van der Waals surface area contributed by atoms with E-state index in [9.17, 15) is 19.2 Å². The summed E-state index contributed by atoms with van der Waals surface area (Å²) < 4.78 is 2.57. The molecule has 0 atom stereocenters. The highest BCUT2D eigenvalue weighted by Gasteiger charge is 2.30. The molecule has 0 aliphatic carbocycles. The Morgan fingerprint density at radius 1 is 1.09 bits per heavy atom. The summed E-state index contributed by atoms with van der Waals surface area (Å²) in [6.45, 7) is 0. The molecule has 1 aliphatic heterocycles. The van der Waals surface area contributed by atoms with E-state index >= 15 is 0 Å². The van der Waals surface area contributed by atoms with Crippen molar-refractivity contribution in [1.82, 2.24) is 9.24 Å². The normalized spacial score (nSPS) is 15.4. The van der Waals surface area contributed by atoms with Crippen molar-refractivity contribution in [2.75, 3.05) is 5.01 Å². The number of imide groups is 1. The zero-order chi connectivity index (χ0) is 16.6. The zero-order valence-electron chi connectivity index (χ0n) is 12.8. The summed E-state index contributed by atoms with van der Waals surface area (Å²) >= 11 is 0. The topological polar surface area (TPSA) is 81.4 Å². The first-order valence-electron chi connectivity index (χ1n) is 7.54. The van der Waals surface area contributed by atoms with Crippen LogP contribution in [0.1, 0.15) is 31.2 Å². The van der Waals surface area contributed by atoms with Gasteiger partial charge < -0.3 is 4.79 Å². The maximum absolute atomic E-state index is 12.5. The Kier molecular flexibility index (Phi) is 3.85. The SMILES string of the molecule is Cn1c(=O)n(N2C(=O)CCCC2=O)c2ccc(CCC=O)cc21. The molecule has 1 aromatic carbocycles. The lowest BCUT2D eigenvalue weighted by atomic mass is 10.1. The number of benzene rings is 1. The fourth-order valence-electron chi connectivity index (χ4n) is 2.90. The molecule has 120 valence electrons. The molecule has 7 nitrogen and oxygen atoms in total. The summed E-state index contributed by atoms with van der Waals surface area (Å²) in [7, 11) is 1.60. The number of amides is 2. The highest BCUT2D eigenvalue weighted by Crippen LogP contribution is 2.19. The van der Waals surface area contributed by atoms with Gasteiger partial charge in [-0.05, 0) is 30.5 Å². The standard InChI is InChI=1S/C16H17N3O4/c1-17-13-10-11(4-3-9-20)7-8-12(13)18(16(17)23)19-14(21)5-2-6-15(19)22/h7-10H,2-6H2,1H3. The number of hydrogen-bond donors (Lipinski definition) is 0. The summed E-state index contributed by atoms with van der Waals surface area (Å²) in [6, 6.07) is 5.34. The molecule has 0 unspecified atom stereocenters. The molecule has 0 radical (unpaired) electrons. The van der Waals surface area contributed by atoms with Crippen LogP contribution in [0.2, 0.25) is 0 Å². The van der Waals surface area contributed by atoms with Gasteiger partial charge in [-0.2, -0.15) is 9.69 Å². The second-order valence-corrected chi connectivity index (χ2v) is 5.63. The minimum atomic E-state index is -0.434. The number of piperidine rings is 1. The molecular weight excluding hydrogens is 298 g/mol. The maximum Gasteiger partial charge on any atom is 0.348 e. The van der Waals surface area contributed by atoms with Crippen molar-refractivity contribution in [1.29, 1.82) is 0 Å². The van der Waals surface area contributed by atoms with Gasteiger partial charge in [-0.3, -0.25) is 14.2 Å². The predicted octanol–water partition coefficient (Wildman–Crippen LogP) is 0.647. The zero-order valence-corrected chi connectivity index (χ0v) is 12.8. The molecule has 7 heteroatoms. The van der Waals surface area contributed by atoms with Crippen LogP contribution in [0.25, 0.3) is 11.0 Å². The number of hydrogen-bond acceptors (Lipinski definition) is 4. The molecule has 2 aromatic rings. The van der Waals surface area contributed by atoms with Gasteiger partial charge in [0.05, 0.1) is 11.0 Å². The van der Waals surface area contributed by atoms with E-state index in [1.165, 1.54) is 4.57 Å². The third-order valence-electron chi connectivity index (χ3n) is 4.10. The minimum Gasteiger partial charge on any atom is -0.303 e. The molecule has 1 aliphatic rings. The maximum atomic E-state index is 12.5. The Balaban J connectivity index is 2.16. The van der Waals surface area contributed by atoms with Crippen LogP contribution in [0.15, 0.2) is 23.0 Å². The molecule has 23 heavy (non-hydrogen) atoms. The Morgan fingerprint density at radius 3 is 2.43 bits per heavy atom. The summed E-state index contributed by atoms with van der Waals surface area (Å²) in [4.78, 5) is 47.3. The molecule has 3 rings (SSSR count). The van der Waals surface area contributed by atoms with Crippen molar-refractivity contribution in [3.8, 4) is 0 Å². The molecule has 1 fully saturated rings. The van der Waals surface area contributed by atoms with Crippen molar-refractivity contribution >= 4 is 29.1 Å². The Bertz CT molecular complexity index is 846. The fourth-order valence-corrected chi connectivity index (χ4v) is 2.90. The van der Waals surface area contributed by atoms with Crippen molar-refractivity contribution < 1.29 is 14.4 Å². The predicted molar refractivity (Wildman–Crippen MR) is 83.6 cm³/mol. The van der Waals surface area contributed by atoms with Crippen LogP contribution in [-0.2, 0) is 27.9 Å². The van der Waals surface area contributed by atoms with E-state index in [0.717, 1.165) is 21.5 Å². The summed E-state index contributed by atoms with van der Waals surface area (Å²) in [5.41, 5.74) is 1.63. The number of imidazole rings is 1. The Morgan fingerprint density at radius 2 is 1.78 bits per heavy atom. The highest BCUT2D eigenvalue weighted by molar-refractivity contribution is 6.10. The molecule has 0 N–H and O–H groups in total. The van der Waals surface area contributed by atoms with Crippen molar-refractivity contribution in [2.24, 2.45) is 7.05 Å². The van der Waals surface area contributed by atoms with E-state index in [1.54, 1.807) is 19.2 Å². The molecule has 0 spiro atoms. The number of fused-ring (bicyclic) bond motifs is 1. The first-order valence-corrected chi connectivity index (χ1v) is 7.54. The van der Waals surface area contributed by atoms with E-state index in [0.29, 0.717) is 30.3 Å². The van der Waals surface area contributed by atoms with Crippen LogP contribution in [-0.4, -0.2) is 27.3 Å². The van der Waals surface area contributed by atoms with E-state index in [2.05, 4.69) is 0 Å². The lowest BCUT2D eigenvalue weighted by molar-refractivity contribution is -0.131. The van der Waals surface area contributed by atoms with Gasteiger partial charge >= 0.3 is 5.69 Å². The van der Waals surface area contributed by atoms with Crippen molar-refractivity contribution in [2.45, 2.75) is 32.1 Å². The van der Waals surface area contributed by atoms with Gasteiger partial charge in [0.15, 0.2) is 0 Å². The highest BCUT2D eigenvalue weighted by atomic mass is 16.2. The average Bonchev–Trinajstić information content (AvgIpc) is 2.78. The number of nitrogens with zero attached hydrogens (tertiary/aromatic N) is 3. The number of rotatable bonds is 4. The van der Waals surface area contributed by atoms with Crippen LogP contribution in [0.3, 0.4) is 0 Å². The number of aldehydes is 1. The first-order chi connectivity index (χ1) is 11.0. The smallest absolute Gasteiger partial charge is 0.303 e. The number of aromatic nitrogens is 2. The van der Waals surface area contributed by atoms with Crippen molar-refractivity contribution in [3.05, 3.63) is 34.2 Å². The van der Waals surface area contributed by atoms with E-state index in [1.807, 2.05) is 6.07 Å². The van der Waals surface area contributed by atoms with Gasteiger partial charge in [-0.1, -0.05) is 6.07 Å². The molecule has 0 saturated carbocycles. The third-order valence-corrected chi connectivity index (χ3v) is 4.10. The number of carbonyl (C=O) groups is 3. The first kappa shape index (κ1) is 15.2. The largest absolute Gasteiger partial charge is 0.348 e. The van der Waals surface area contributed by atoms with Gasteiger partial charge in [0.2, 0.25) is 11.8 Å². The quantitative estimate of drug-likeness (QED) is 0.613. The second kappa shape index (κ2) is 5.83. The third kappa shape index (κ3) is 2.48. The van der Waals surface area contributed by atoms with Crippen LogP contribution in [0.5, 0.6) is 0 Å². The van der Waals surface area contributed by atoms with Crippen molar-refractivity contribution in [3.63, 3.8) is 0 Å². The van der Waals surface area contributed by atoms with Crippen LogP contribution in [0, 0.1) is 0 Å². The van der Waals surface area contributed by atoms with Gasteiger partial charge in [0.25, 0.3) is 0 Å². The average molecular weight is 315 g/mol. The molecular formula is C16H17N3O4. The monoisotopic (exact) mass is 315 g/mol. The van der Waals surface area contributed by atoms with Gasteiger partial charge in [0, 0.05) is 26.3 Å². The van der Waals surface area contributed by atoms with E-state index < -0.39 is 5.69 Å². The minimum absolute atomic E-state index is 0.256. The summed E-state index contributed by atoms with van der Waals surface area (Å²) in [5, 5.41) is 0.958. The van der Waals surface area contributed by atoms with Gasteiger partial charge in [0.1, 0.15) is 6.29 Å². The summed E-state index contributed by atoms with van der Waals surface area (Å²) in [5.74, 6) is -0.721. The fraction of sp³-hybridized carbons (Fsp3) is 0.375. The van der Waals surface area contributed by atoms with Crippen LogP contribution in [0.4, 0.5) is 0 Å². The number of aryl methyl sites for hydroxylation is 2. The molecule has 1 aromatic heterocycles. The lowest BCUT2D eigenvalue weighted by Crippen LogP contribution is -2.52. The van der Waals surface area contributed by atoms with Gasteiger partial charge in [-0.15, -0.1) is 0 Å². The molecule has 2 amide bonds. The molecule has 0 bridgehead atoms. The van der Waals surface area contributed by atoms with Gasteiger partial charge in [-0.25, -0.2) is 4.79 Å². The van der Waals surface area contributed by atoms with Crippen LogP contribution >= 0.6 is 0 Å². The second-order valence-electron chi connectivity index (χ2n) is 5.63. The Hall–Kier alpha value is -2.70. The number of carbonyl (C=O) groups excluding carboxylic acids is 3. The van der Waals surface area contributed by atoms with Crippen LogP contribution < -0.4 is 10.7 Å². The van der Waals surface area contributed by atoms with E-state index in [-0.39, 0.29) is 24.7 Å².